The highest BCUT2D eigenvalue weighted by Gasteiger charge is 2.19. The van der Waals surface area contributed by atoms with E-state index in [1.807, 2.05) is 31.2 Å². The summed E-state index contributed by atoms with van der Waals surface area (Å²) in [6.07, 6.45) is 3.67. The molecular formula is C15H14BrN3O3. The maximum atomic E-state index is 12.7. The van der Waals surface area contributed by atoms with Crippen molar-refractivity contribution in [2.75, 3.05) is 6.54 Å². The smallest absolute Gasteiger partial charge is 0.334 e. The van der Waals surface area contributed by atoms with E-state index in [4.69, 9.17) is 5.11 Å². The molecule has 7 heteroatoms. The molecule has 0 fully saturated rings. The molecule has 1 aliphatic heterocycles. The number of halogens is 1. The fourth-order valence-electron chi connectivity index (χ4n) is 2.64. The molecule has 2 aromatic rings. The number of aliphatic carboxylic acids is 1. The summed E-state index contributed by atoms with van der Waals surface area (Å²) in [4.78, 5) is 23.8. The first-order valence-electron chi connectivity index (χ1n) is 6.72. The lowest BCUT2D eigenvalue weighted by atomic mass is 10.2. The number of dihydropyridines is 1. The van der Waals surface area contributed by atoms with E-state index in [9.17, 15) is 9.59 Å². The Morgan fingerprint density at radius 3 is 2.82 bits per heavy atom. The van der Waals surface area contributed by atoms with Crippen LogP contribution in [0.4, 0.5) is 0 Å². The van der Waals surface area contributed by atoms with Crippen molar-refractivity contribution in [2.45, 2.75) is 13.5 Å². The number of rotatable bonds is 3. The summed E-state index contributed by atoms with van der Waals surface area (Å²) in [7, 11) is 0. The molecule has 3 rings (SSSR count). The van der Waals surface area contributed by atoms with Gasteiger partial charge in [0.05, 0.1) is 22.2 Å². The maximum Gasteiger partial charge on any atom is 0.334 e. The van der Waals surface area contributed by atoms with E-state index in [0.717, 1.165) is 21.4 Å². The van der Waals surface area contributed by atoms with Crippen molar-refractivity contribution in [3.05, 3.63) is 51.0 Å². The van der Waals surface area contributed by atoms with Crippen LogP contribution in [0, 0.1) is 6.92 Å². The van der Waals surface area contributed by atoms with Crippen LogP contribution in [0.15, 0.2) is 39.8 Å². The van der Waals surface area contributed by atoms with Crippen LogP contribution >= 0.6 is 15.9 Å². The largest absolute Gasteiger partial charge is 0.480 e. The van der Waals surface area contributed by atoms with Crippen molar-refractivity contribution in [3.8, 4) is 0 Å². The number of aromatic nitrogens is 2. The number of carboxylic acid groups (broad SMARTS) is 1. The maximum absolute atomic E-state index is 12.7. The number of nitrogens with zero attached hydrogens (tertiary/aromatic N) is 2. The van der Waals surface area contributed by atoms with Gasteiger partial charge in [-0.25, -0.2) is 4.79 Å². The third-order valence-corrected chi connectivity index (χ3v) is 4.14. The van der Waals surface area contributed by atoms with Crippen molar-refractivity contribution in [1.82, 2.24) is 14.5 Å². The minimum absolute atomic E-state index is 0.342. The summed E-state index contributed by atoms with van der Waals surface area (Å²) in [5.41, 5.74) is 2.73. The number of aryl methyl sites for hydroxylation is 1. The molecule has 6 nitrogen and oxygen atoms in total. The zero-order valence-electron chi connectivity index (χ0n) is 11.8. The summed E-state index contributed by atoms with van der Waals surface area (Å²) in [6.45, 7) is 2.04. The van der Waals surface area contributed by atoms with E-state index < -0.39 is 5.97 Å². The van der Waals surface area contributed by atoms with Crippen molar-refractivity contribution < 1.29 is 9.90 Å². The molecule has 0 aliphatic carbocycles. The van der Waals surface area contributed by atoms with Crippen LogP contribution in [0.25, 0.3) is 16.7 Å². The predicted octanol–water partition coefficient (Wildman–Crippen LogP) is 1.88. The van der Waals surface area contributed by atoms with Gasteiger partial charge in [0.2, 0.25) is 0 Å². The van der Waals surface area contributed by atoms with E-state index in [1.165, 1.54) is 4.57 Å². The first-order valence-corrected chi connectivity index (χ1v) is 7.51. The van der Waals surface area contributed by atoms with Crippen molar-refractivity contribution >= 4 is 38.6 Å². The van der Waals surface area contributed by atoms with Crippen molar-refractivity contribution in [1.29, 1.82) is 0 Å². The Kier molecular flexibility index (Phi) is 3.66. The quantitative estimate of drug-likeness (QED) is 0.816. The fraction of sp³-hybridized carbons (Fsp3) is 0.200. The average molecular weight is 364 g/mol. The number of hydrogen-bond acceptors (Lipinski definition) is 3. The zero-order valence-corrected chi connectivity index (χ0v) is 13.4. The van der Waals surface area contributed by atoms with Gasteiger partial charge in [0.25, 0.3) is 0 Å². The van der Waals surface area contributed by atoms with Gasteiger partial charge in [0.15, 0.2) is 0 Å². The van der Waals surface area contributed by atoms with E-state index in [1.54, 1.807) is 10.6 Å². The van der Waals surface area contributed by atoms with E-state index >= 15 is 0 Å². The molecule has 1 aromatic carbocycles. The number of imidazole rings is 1. The van der Waals surface area contributed by atoms with Gasteiger partial charge >= 0.3 is 11.7 Å². The Hall–Kier alpha value is -2.28. The Labute approximate surface area is 134 Å². The highest BCUT2D eigenvalue weighted by Crippen LogP contribution is 2.22. The van der Waals surface area contributed by atoms with E-state index in [-0.39, 0.29) is 12.2 Å². The lowest BCUT2D eigenvalue weighted by molar-refractivity contribution is -0.137. The Balaban J connectivity index is 2.33. The highest BCUT2D eigenvalue weighted by molar-refractivity contribution is 9.11. The lowest BCUT2D eigenvalue weighted by Gasteiger charge is -2.15. The zero-order chi connectivity index (χ0) is 15.9. The van der Waals surface area contributed by atoms with Gasteiger partial charge in [-0.15, -0.1) is 0 Å². The lowest BCUT2D eigenvalue weighted by Crippen LogP contribution is -2.30. The predicted molar refractivity (Wildman–Crippen MR) is 87.9 cm³/mol. The van der Waals surface area contributed by atoms with E-state index in [0.29, 0.717) is 12.1 Å². The molecule has 0 unspecified atom stereocenters. The minimum Gasteiger partial charge on any atom is -0.480 e. The normalized spacial score (nSPS) is 14.5. The minimum atomic E-state index is -1.04. The SMILES string of the molecule is Cc1cccc2c1n(C1=CC=C(Br)NC1)c(=O)n2CC(=O)O. The first-order chi connectivity index (χ1) is 10.5. The molecule has 0 amide bonds. The van der Waals surface area contributed by atoms with Crippen LogP contribution in [0.5, 0.6) is 0 Å². The first kappa shape index (κ1) is 14.6. The standard InChI is InChI=1S/C15H14BrN3O3/c1-9-3-2-4-11-14(9)19(10-5-6-12(16)17-7-10)15(22)18(11)8-13(20)21/h2-6,17H,7-8H2,1H3,(H,20,21). The third kappa shape index (κ3) is 2.37. The molecule has 0 radical (unpaired) electrons. The van der Waals surface area contributed by atoms with Crippen LogP contribution in [0.2, 0.25) is 0 Å². The molecule has 0 spiro atoms. The van der Waals surface area contributed by atoms with Crippen molar-refractivity contribution in [2.24, 2.45) is 0 Å². The molecule has 0 bridgehead atoms. The second-order valence-electron chi connectivity index (χ2n) is 5.07. The number of allylic oxidation sites excluding steroid dienone is 2. The van der Waals surface area contributed by atoms with Gasteiger partial charge in [-0.1, -0.05) is 12.1 Å². The molecule has 0 saturated carbocycles. The monoisotopic (exact) mass is 363 g/mol. The topological polar surface area (TPSA) is 76.3 Å². The van der Waals surface area contributed by atoms with Crippen LogP contribution in [-0.2, 0) is 11.3 Å². The molecule has 2 heterocycles. The molecule has 1 aromatic heterocycles. The second-order valence-corrected chi connectivity index (χ2v) is 5.92. The molecule has 0 atom stereocenters. The van der Waals surface area contributed by atoms with Crippen LogP contribution in [-0.4, -0.2) is 26.8 Å². The van der Waals surface area contributed by atoms with Gasteiger partial charge in [0.1, 0.15) is 6.54 Å². The molecule has 22 heavy (non-hydrogen) atoms. The Morgan fingerprint density at radius 2 is 2.18 bits per heavy atom. The highest BCUT2D eigenvalue weighted by atomic mass is 79.9. The van der Waals surface area contributed by atoms with Gasteiger partial charge in [-0.3, -0.25) is 13.9 Å². The Bertz CT molecular complexity index is 889. The number of hydrogen-bond donors (Lipinski definition) is 2. The summed E-state index contributed by atoms with van der Waals surface area (Å²) in [5, 5.41) is 12.2. The summed E-state index contributed by atoms with van der Waals surface area (Å²) < 4.78 is 3.71. The average Bonchev–Trinajstić information content (AvgIpc) is 2.74. The molecule has 0 saturated heterocycles. The summed E-state index contributed by atoms with van der Waals surface area (Å²) in [6, 6.07) is 5.50. The number of para-hydroxylation sites is 1. The number of nitrogens with one attached hydrogen (secondary N) is 1. The van der Waals surface area contributed by atoms with Crippen LogP contribution in [0.1, 0.15) is 5.56 Å². The molecule has 2 N–H and O–H groups in total. The molecule has 114 valence electrons. The number of benzene rings is 1. The van der Waals surface area contributed by atoms with Gasteiger partial charge in [-0.05, 0) is 46.6 Å². The van der Waals surface area contributed by atoms with Crippen molar-refractivity contribution in [3.63, 3.8) is 0 Å². The summed E-state index contributed by atoms with van der Waals surface area (Å²) >= 11 is 3.34. The Morgan fingerprint density at radius 1 is 1.41 bits per heavy atom. The number of carboxylic acids is 1. The fourth-order valence-corrected chi connectivity index (χ4v) is 2.91. The third-order valence-electron chi connectivity index (χ3n) is 3.59. The van der Waals surface area contributed by atoms with Crippen LogP contribution < -0.4 is 11.0 Å². The second kappa shape index (κ2) is 5.49. The number of fused-ring (bicyclic) bond motifs is 1. The summed E-state index contributed by atoms with van der Waals surface area (Å²) in [5.74, 6) is -1.04. The van der Waals surface area contributed by atoms with Gasteiger partial charge < -0.3 is 10.4 Å². The molecular weight excluding hydrogens is 350 g/mol. The van der Waals surface area contributed by atoms with Gasteiger partial charge in [-0.2, -0.15) is 0 Å². The van der Waals surface area contributed by atoms with E-state index in [2.05, 4.69) is 21.2 Å². The molecule has 1 aliphatic rings. The van der Waals surface area contributed by atoms with Gasteiger partial charge in [0, 0.05) is 5.70 Å². The van der Waals surface area contributed by atoms with Crippen LogP contribution in [0.3, 0.4) is 0 Å². The number of carbonyl (C=O) groups is 1.